The molecule has 1 atom stereocenters. The molecule has 1 aliphatic rings. The van der Waals surface area contributed by atoms with Crippen molar-refractivity contribution < 1.29 is 9.21 Å². The van der Waals surface area contributed by atoms with Gasteiger partial charge in [-0.25, -0.2) is 0 Å². The zero-order valence-corrected chi connectivity index (χ0v) is 12.8. The third-order valence-corrected chi connectivity index (χ3v) is 4.99. The molecule has 0 bridgehead atoms. The molecule has 22 heavy (non-hydrogen) atoms. The summed E-state index contributed by atoms with van der Waals surface area (Å²) in [5.41, 5.74) is 2.05. The van der Waals surface area contributed by atoms with Crippen molar-refractivity contribution >= 4 is 17.2 Å². The minimum atomic E-state index is -0.0160. The van der Waals surface area contributed by atoms with Gasteiger partial charge in [-0.2, -0.15) is 0 Å². The van der Waals surface area contributed by atoms with Crippen LogP contribution in [0, 0.1) is 0 Å². The van der Waals surface area contributed by atoms with Gasteiger partial charge < -0.3 is 14.3 Å². The number of furan rings is 1. The molecule has 4 rings (SSSR count). The van der Waals surface area contributed by atoms with E-state index in [1.54, 1.807) is 6.26 Å². The second-order valence-corrected chi connectivity index (χ2v) is 6.36. The Bertz CT molecular complexity index is 785. The molecule has 0 aromatic carbocycles. The van der Waals surface area contributed by atoms with Crippen LogP contribution < -0.4 is 5.32 Å². The van der Waals surface area contributed by atoms with Crippen molar-refractivity contribution in [2.75, 3.05) is 0 Å². The quantitative estimate of drug-likeness (QED) is 0.796. The first-order valence-electron chi connectivity index (χ1n) is 7.41. The predicted octanol–water partition coefficient (Wildman–Crippen LogP) is 3.94. The average Bonchev–Trinajstić information content (AvgIpc) is 3.27. The molecule has 0 aliphatic heterocycles. The van der Waals surface area contributed by atoms with E-state index < -0.39 is 0 Å². The fourth-order valence-corrected chi connectivity index (χ4v) is 3.82. The molecule has 1 aliphatic carbocycles. The number of amides is 1. The second kappa shape index (κ2) is 5.50. The van der Waals surface area contributed by atoms with Gasteiger partial charge in [0.2, 0.25) is 0 Å². The monoisotopic (exact) mass is 312 g/mol. The van der Waals surface area contributed by atoms with Crippen LogP contribution in [-0.4, -0.2) is 10.5 Å². The molecule has 4 nitrogen and oxygen atoms in total. The highest BCUT2D eigenvalue weighted by atomic mass is 32.1. The highest BCUT2D eigenvalue weighted by Gasteiger charge is 2.25. The van der Waals surface area contributed by atoms with Gasteiger partial charge in [0.1, 0.15) is 10.6 Å². The van der Waals surface area contributed by atoms with Gasteiger partial charge in [-0.1, -0.05) is 0 Å². The van der Waals surface area contributed by atoms with Crippen LogP contribution in [0.4, 0.5) is 0 Å². The van der Waals surface area contributed by atoms with E-state index in [2.05, 4.69) is 5.32 Å². The van der Waals surface area contributed by atoms with Crippen molar-refractivity contribution in [2.24, 2.45) is 0 Å². The van der Waals surface area contributed by atoms with Crippen LogP contribution in [0.3, 0.4) is 0 Å². The molecule has 1 N–H and O–H groups in total. The van der Waals surface area contributed by atoms with Crippen LogP contribution in [-0.2, 0) is 6.42 Å². The molecule has 3 aromatic heterocycles. The fourth-order valence-electron chi connectivity index (χ4n) is 3.03. The maximum Gasteiger partial charge on any atom is 0.263 e. The van der Waals surface area contributed by atoms with Gasteiger partial charge in [0.05, 0.1) is 18.0 Å². The maximum absolute atomic E-state index is 12.7. The number of fused-ring (bicyclic) bond motifs is 1. The van der Waals surface area contributed by atoms with Crippen LogP contribution in [0.25, 0.3) is 5.69 Å². The van der Waals surface area contributed by atoms with Crippen molar-refractivity contribution in [3.8, 4) is 5.69 Å². The summed E-state index contributed by atoms with van der Waals surface area (Å²) in [6.07, 6.45) is 8.58. The first-order chi connectivity index (χ1) is 10.8. The fraction of sp³-hybridized carbons (Fsp3) is 0.235. The van der Waals surface area contributed by atoms with Gasteiger partial charge in [0.25, 0.3) is 5.91 Å². The lowest BCUT2D eigenvalue weighted by Gasteiger charge is -2.22. The molecule has 0 radical (unpaired) electrons. The van der Waals surface area contributed by atoms with Crippen LogP contribution in [0.1, 0.15) is 39.9 Å². The number of rotatable bonds is 3. The molecule has 3 aromatic rings. The van der Waals surface area contributed by atoms with E-state index in [0.717, 1.165) is 41.2 Å². The van der Waals surface area contributed by atoms with Crippen LogP contribution in [0.2, 0.25) is 0 Å². The third-order valence-electron chi connectivity index (χ3n) is 4.09. The van der Waals surface area contributed by atoms with Gasteiger partial charge in [0, 0.05) is 24.4 Å². The van der Waals surface area contributed by atoms with E-state index in [-0.39, 0.29) is 11.9 Å². The van der Waals surface area contributed by atoms with E-state index in [4.69, 9.17) is 4.42 Å². The predicted molar refractivity (Wildman–Crippen MR) is 85.5 cm³/mol. The summed E-state index contributed by atoms with van der Waals surface area (Å²) in [7, 11) is 0. The van der Waals surface area contributed by atoms with E-state index in [0.29, 0.717) is 0 Å². The molecule has 1 unspecified atom stereocenters. The molecule has 112 valence electrons. The lowest BCUT2D eigenvalue weighted by Crippen LogP contribution is -2.30. The van der Waals surface area contributed by atoms with Crippen LogP contribution in [0.5, 0.6) is 0 Å². The average molecular weight is 312 g/mol. The minimum absolute atomic E-state index is 0.0160. The van der Waals surface area contributed by atoms with Crippen molar-refractivity contribution in [1.29, 1.82) is 0 Å². The molecule has 1 amide bonds. The zero-order chi connectivity index (χ0) is 14.9. The summed E-state index contributed by atoms with van der Waals surface area (Å²) in [6.45, 7) is 0. The standard InChI is InChI=1S/C17H16N2O2S/c20-17(16-14(7-11-22-16)19-8-1-2-9-19)18-13-4-3-5-15-12(13)6-10-21-15/h1-2,6-11,13H,3-5H2,(H,18,20). The Morgan fingerprint density at radius 1 is 1.32 bits per heavy atom. The summed E-state index contributed by atoms with van der Waals surface area (Å²) in [5.74, 6) is 0.992. The van der Waals surface area contributed by atoms with Crippen molar-refractivity contribution in [3.05, 3.63) is 64.5 Å². The molecule has 0 saturated heterocycles. The van der Waals surface area contributed by atoms with Gasteiger partial charge in [-0.15, -0.1) is 11.3 Å². The summed E-state index contributed by atoms with van der Waals surface area (Å²) >= 11 is 1.47. The number of nitrogens with zero attached hydrogens (tertiary/aromatic N) is 1. The summed E-state index contributed by atoms with van der Waals surface area (Å²) in [6, 6.07) is 7.91. The van der Waals surface area contributed by atoms with Gasteiger partial charge in [-0.05, 0) is 42.5 Å². The Kier molecular flexibility index (Phi) is 3.35. The second-order valence-electron chi connectivity index (χ2n) is 5.44. The zero-order valence-electron chi connectivity index (χ0n) is 12.0. The smallest absolute Gasteiger partial charge is 0.263 e. The molecule has 0 spiro atoms. The number of aryl methyl sites for hydroxylation is 1. The highest BCUT2D eigenvalue weighted by molar-refractivity contribution is 7.12. The minimum Gasteiger partial charge on any atom is -0.469 e. The summed E-state index contributed by atoms with van der Waals surface area (Å²) < 4.78 is 7.46. The van der Waals surface area contributed by atoms with Crippen molar-refractivity contribution in [3.63, 3.8) is 0 Å². The van der Waals surface area contributed by atoms with E-state index in [1.807, 2.05) is 46.6 Å². The number of aromatic nitrogens is 1. The number of carbonyl (C=O) groups excluding carboxylic acids is 1. The lowest BCUT2D eigenvalue weighted by molar-refractivity contribution is 0.0936. The third kappa shape index (κ3) is 2.27. The van der Waals surface area contributed by atoms with Crippen LogP contribution >= 0.6 is 11.3 Å². The maximum atomic E-state index is 12.7. The number of nitrogens with one attached hydrogen (secondary N) is 1. The Labute approximate surface area is 132 Å². The van der Waals surface area contributed by atoms with E-state index in [9.17, 15) is 4.79 Å². The Morgan fingerprint density at radius 2 is 2.18 bits per heavy atom. The largest absolute Gasteiger partial charge is 0.469 e. The van der Waals surface area contributed by atoms with Crippen LogP contribution in [0.15, 0.2) is 52.7 Å². The van der Waals surface area contributed by atoms with E-state index in [1.165, 1.54) is 11.3 Å². The number of thiophene rings is 1. The lowest BCUT2D eigenvalue weighted by atomic mass is 9.93. The first-order valence-corrected chi connectivity index (χ1v) is 8.29. The van der Waals surface area contributed by atoms with Crippen molar-refractivity contribution in [1.82, 2.24) is 9.88 Å². The molecular weight excluding hydrogens is 296 g/mol. The molecule has 5 heteroatoms. The molecule has 0 saturated carbocycles. The van der Waals surface area contributed by atoms with Gasteiger partial charge in [0.15, 0.2) is 0 Å². The Hall–Kier alpha value is -2.27. The van der Waals surface area contributed by atoms with Gasteiger partial charge in [-0.3, -0.25) is 4.79 Å². The molecule has 3 heterocycles. The number of hydrogen-bond donors (Lipinski definition) is 1. The number of hydrogen-bond acceptors (Lipinski definition) is 3. The molecular formula is C17H16N2O2S. The topological polar surface area (TPSA) is 47.2 Å². The summed E-state index contributed by atoms with van der Waals surface area (Å²) in [5, 5.41) is 5.12. The SMILES string of the molecule is O=C(NC1CCCc2occc21)c1sccc1-n1cccc1. The Balaban J connectivity index is 1.59. The summed E-state index contributed by atoms with van der Waals surface area (Å²) in [4.78, 5) is 13.4. The molecule has 0 fully saturated rings. The number of carbonyl (C=O) groups is 1. The highest BCUT2D eigenvalue weighted by Crippen LogP contribution is 2.31. The van der Waals surface area contributed by atoms with Crippen molar-refractivity contribution in [2.45, 2.75) is 25.3 Å². The normalized spacial score (nSPS) is 17.2. The van der Waals surface area contributed by atoms with Gasteiger partial charge >= 0.3 is 0 Å². The Morgan fingerprint density at radius 3 is 3.05 bits per heavy atom. The van der Waals surface area contributed by atoms with E-state index >= 15 is 0 Å². The first kappa shape index (κ1) is 13.4.